The van der Waals surface area contributed by atoms with Crippen LogP contribution in [0.25, 0.3) is 10.7 Å². The van der Waals surface area contributed by atoms with E-state index in [1.807, 2.05) is 19.2 Å². The molecule has 8 heteroatoms. The summed E-state index contributed by atoms with van der Waals surface area (Å²) in [5, 5.41) is 6.85. The number of carbonyl (C=O) groups excluding carboxylic acids is 3. The van der Waals surface area contributed by atoms with Crippen LogP contribution in [0, 0.1) is 11.8 Å². The molecule has 2 heterocycles. The lowest BCUT2D eigenvalue weighted by molar-refractivity contribution is -0.128. The highest BCUT2D eigenvalue weighted by molar-refractivity contribution is 7.14. The molecule has 0 fully saturated rings. The zero-order valence-electron chi connectivity index (χ0n) is 13.7. The van der Waals surface area contributed by atoms with Crippen LogP contribution in [0.15, 0.2) is 16.3 Å². The van der Waals surface area contributed by atoms with Gasteiger partial charge in [-0.15, -0.1) is 22.7 Å². The molecule has 0 spiro atoms. The lowest BCUT2D eigenvalue weighted by Gasteiger charge is -2.18. The Bertz CT molecular complexity index is 723. The Morgan fingerprint density at radius 1 is 1.25 bits per heavy atom. The number of carbonyl (C=O) groups is 3. The number of rotatable bonds is 8. The van der Waals surface area contributed by atoms with Crippen LogP contribution in [0.2, 0.25) is 0 Å². The van der Waals surface area contributed by atoms with Gasteiger partial charge in [0.2, 0.25) is 5.91 Å². The van der Waals surface area contributed by atoms with Crippen LogP contribution in [-0.2, 0) is 9.59 Å². The van der Waals surface area contributed by atoms with Gasteiger partial charge >= 0.3 is 0 Å². The lowest BCUT2D eigenvalue weighted by Crippen LogP contribution is -2.37. The Kier molecular flexibility index (Phi) is 6.33. The van der Waals surface area contributed by atoms with Crippen LogP contribution in [0.3, 0.4) is 0 Å². The van der Waals surface area contributed by atoms with Crippen molar-refractivity contribution in [3.63, 3.8) is 0 Å². The van der Waals surface area contributed by atoms with E-state index in [0.29, 0.717) is 10.7 Å². The van der Waals surface area contributed by atoms with E-state index < -0.39 is 5.92 Å². The highest BCUT2D eigenvalue weighted by Gasteiger charge is 2.26. The number of aromatic nitrogens is 2. The first kappa shape index (κ1) is 18.4. The molecule has 128 valence electrons. The van der Waals surface area contributed by atoms with Crippen molar-refractivity contribution in [3.8, 4) is 10.7 Å². The van der Waals surface area contributed by atoms with E-state index >= 15 is 0 Å². The molecule has 0 aliphatic rings. The second-order valence-corrected chi connectivity index (χ2v) is 7.39. The van der Waals surface area contributed by atoms with Crippen molar-refractivity contribution in [1.82, 2.24) is 15.3 Å². The van der Waals surface area contributed by atoms with Crippen LogP contribution >= 0.6 is 22.7 Å². The van der Waals surface area contributed by atoms with E-state index in [1.165, 1.54) is 29.6 Å². The molecule has 0 radical (unpaired) electrons. The van der Waals surface area contributed by atoms with Crippen molar-refractivity contribution in [2.24, 2.45) is 11.8 Å². The Labute approximate surface area is 148 Å². The molecule has 2 rings (SSSR count). The number of hydrogen-bond donors (Lipinski definition) is 1. The molecule has 24 heavy (non-hydrogen) atoms. The molecule has 1 atom stereocenters. The topological polar surface area (TPSA) is 89.0 Å². The fourth-order valence-corrected chi connectivity index (χ4v) is 3.52. The quantitative estimate of drug-likeness (QED) is 0.727. The van der Waals surface area contributed by atoms with Gasteiger partial charge in [-0.2, -0.15) is 0 Å². The molecule has 0 aromatic carbocycles. The van der Waals surface area contributed by atoms with E-state index in [-0.39, 0.29) is 36.4 Å². The van der Waals surface area contributed by atoms with Crippen LogP contribution in [0.5, 0.6) is 0 Å². The first-order valence-corrected chi connectivity index (χ1v) is 9.35. The van der Waals surface area contributed by atoms with E-state index in [0.717, 1.165) is 5.69 Å². The van der Waals surface area contributed by atoms with Crippen molar-refractivity contribution < 1.29 is 14.4 Å². The minimum atomic E-state index is -0.485. The number of amides is 1. The van der Waals surface area contributed by atoms with E-state index in [4.69, 9.17) is 0 Å². The van der Waals surface area contributed by atoms with Crippen molar-refractivity contribution in [2.75, 3.05) is 6.54 Å². The molecule has 1 amide bonds. The van der Waals surface area contributed by atoms with Crippen molar-refractivity contribution in [1.29, 1.82) is 0 Å². The number of ketones is 2. The zero-order valence-corrected chi connectivity index (χ0v) is 15.4. The molecule has 0 bridgehead atoms. The normalized spacial score (nSPS) is 12.2. The predicted octanol–water partition coefficient (Wildman–Crippen LogP) is 2.82. The third-order valence-electron chi connectivity index (χ3n) is 3.50. The highest BCUT2D eigenvalue weighted by atomic mass is 32.1. The zero-order chi connectivity index (χ0) is 17.7. The summed E-state index contributed by atoms with van der Waals surface area (Å²) in [6, 6.07) is 0. The number of nitrogens with one attached hydrogen (secondary N) is 1. The molecule has 0 saturated heterocycles. The fraction of sp³-hybridized carbons (Fsp3) is 0.438. The largest absolute Gasteiger partial charge is 0.349 e. The first-order chi connectivity index (χ1) is 11.4. The standard InChI is InChI=1S/C16H19N3O3S2/c1-9(2)11(15(22)17-5-10(3)20)4-14(21)12-7-24-16(19-12)13-6-23-8-18-13/h6-9,11H,4-5H2,1-3H3,(H,17,22)/t11-/m0/s1. The van der Waals surface area contributed by atoms with Gasteiger partial charge in [0.15, 0.2) is 5.78 Å². The first-order valence-electron chi connectivity index (χ1n) is 7.53. The van der Waals surface area contributed by atoms with Gasteiger partial charge in [-0.25, -0.2) is 9.97 Å². The number of hydrogen-bond acceptors (Lipinski definition) is 7. The van der Waals surface area contributed by atoms with E-state index in [9.17, 15) is 14.4 Å². The molecule has 0 aliphatic carbocycles. The number of nitrogens with zero attached hydrogens (tertiary/aromatic N) is 2. The monoisotopic (exact) mass is 365 g/mol. The van der Waals surface area contributed by atoms with E-state index in [2.05, 4.69) is 15.3 Å². The minimum absolute atomic E-state index is 0.0130. The summed E-state index contributed by atoms with van der Waals surface area (Å²) in [6.45, 7) is 5.16. The second kappa shape index (κ2) is 8.25. The fourth-order valence-electron chi connectivity index (χ4n) is 2.12. The van der Waals surface area contributed by atoms with Crippen molar-refractivity contribution >= 4 is 40.1 Å². The summed E-state index contributed by atoms with van der Waals surface area (Å²) in [5.41, 5.74) is 2.82. The average molecular weight is 365 g/mol. The van der Waals surface area contributed by atoms with Gasteiger partial charge in [0, 0.05) is 23.1 Å². The SMILES string of the molecule is CC(=O)CNC(=O)[C@@H](CC(=O)c1csc(-c2cscn2)n1)C(C)C. The molecular formula is C16H19N3O3S2. The molecule has 2 aromatic rings. The lowest BCUT2D eigenvalue weighted by atomic mass is 9.89. The third kappa shape index (κ3) is 4.78. The maximum absolute atomic E-state index is 12.5. The minimum Gasteiger partial charge on any atom is -0.349 e. The van der Waals surface area contributed by atoms with Crippen LogP contribution in [0.4, 0.5) is 0 Å². The van der Waals surface area contributed by atoms with Crippen molar-refractivity contribution in [2.45, 2.75) is 27.2 Å². The summed E-state index contributed by atoms with van der Waals surface area (Å²) >= 11 is 2.83. The summed E-state index contributed by atoms with van der Waals surface area (Å²) in [7, 11) is 0. The number of thiazole rings is 2. The molecule has 2 aromatic heterocycles. The van der Waals surface area contributed by atoms with Gasteiger partial charge < -0.3 is 5.32 Å². The Hall–Kier alpha value is -1.93. The van der Waals surface area contributed by atoms with Gasteiger partial charge in [-0.1, -0.05) is 13.8 Å². The van der Waals surface area contributed by atoms with E-state index in [1.54, 1.807) is 10.9 Å². The van der Waals surface area contributed by atoms with Crippen molar-refractivity contribution in [3.05, 3.63) is 22.0 Å². The number of Topliss-reactive ketones (excluding diaryl/α,β-unsaturated/α-hetero) is 2. The molecular weight excluding hydrogens is 346 g/mol. The second-order valence-electron chi connectivity index (χ2n) is 5.81. The summed E-state index contributed by atoms with van der Waals surface area (Å²) in [4.78, 5) is 44.2. The molecule has 0 unspecified atom stereocenters. The van der Waals surface area contributed by atoms with Crippen LogP contribution in [-0.4, -0.2) is 34.0 Å². The average Bonchev–Trinajstić information content (AvgIpc) is 3.19. The van der Waals surface area contributed by atoms with Crippen LogP contribution in [0.1, 0.15) is 37.7 Å². The van der Waals surface area contributed by atoms with Gasteiger partial charge in [0.1, 0.15) is 22.2 Å². The van der Waals surface area contributed by atoms with Gasteiger partial charge in [-0.3, -0.25) is 14.4 Å². The smallest absolute Gasteiger partial charge is 0.224 e. The molecule has 0 saturated carbocycles. The Balaban J connectivity index is 2.05. The van der Waals surface area contributed by atoms with Gasteiger partial charge in [0.05, 0.1) is 12.1 Å². The highest BCUT2D eigenvalue weighted by Crippen LogP contribution is 2.25. The van der Waals surface area contributed by atoms with Gasteiger partial charge in [-0.05, 0) is 12.8 Å². The Morgan fingerprint density at radius 3 is 2.58 bits per heavy atom. The van der Waals surface area contributed by atoms with Crippen LogP contribution < -0.4 is 5.32 Å². The summed E-state index contributed by atoms with van der Waals surface area (Å²) in [5.74, 6) is -1.07. The predicted molar refractivity (Wildman–Crippen MR) is 94.2 cm³/mol. The maximum Gasteiger partial charge on any atom is 0.224 e. The maximum atomic E-state index is 12.5. The summed E-state index contributed by atoms with van der Waals surface area (Å²) in [6.07, 6.45) is 0.0711. The molecule has 1 N–H and O–H groups in total. The summed E-state index contributed by atoms with van der Waals surface area (Å²) < 4.78 is 0. The molecule has 0 aliphatic heterocycles. The van der Waals surface area contributed by atoms with Gasteiger partial charge in [0.25, 0.3) is 0 Å². The molecule has 6 nitrogen and oxygen atoms in total. The Morgan fingerprint density at radius 2 is 2.00 bits per heavy atom. The third-order valence-corrected chi connectivity index (χ3v) is 4.95.